The molecule has 2 rings (SSSR count). The van der Waals surface area contributed by atoms with Crippen LogP contribution in [0.4, 0.5) is 0 Å². The third-order valence-corrected chi connectivity index (χ3v) is 3.69. The average molecular weight is 303 g/mol. The smallest absolute Gasteiger partial charge is 0.160 e. The van der Waals surface area contributed by atoms with Crippen LogP contribution in [0.1, 0.15) is 17.0 Å². The van der Waals surface area contributed by atoms with Crippen molar-refractivity contribution in [2.75, 3.05) is 20.8 Å². The van der Waals surface area contributed by atoms with Crippen LogP contribution in [-0.2, 0) is 6.42 Å². The van der Waals surface area contributed by atoms with Crippen LogP contribution in [-0.4, -0.2) is 31.0 Å². The maximum absolute atomic E-state index is 9.91. The molecule has 0 saturated heterocycles. The Morgan fingerprint density at radius 2 is 1.73 bits per heavy atom. The van der Waals surface area contributed by atoms with Crippen molar-refractivity contribution in [1.29, 1.82) is 0 Å². The molecule has 0 aliphatic carbocycles. The van der Waals surface area contributed by atoms with Crippen molar-refractivity contribution in [1.82, 2.24) is 0 Å². The number of ether oxygens (including phenoxy) is 2. The number of benzene rings is 2. The molecule has 5 heteroatoms. The van der Waals surface area contributed by atoms with Gasteiger partial charge in [-0.25, -0.2) is 0 Å². The van der Waals surface area contributed by atoms with Gasteiger partial charge in [-0.05, 0) is 54.4 Å². The Kier molecular flexibility index (Phi) is 5.12. The Balaban J connectivity index is 2.30. The molecule has 0 aliphatic rings. The lowest BCUT2D eigenvalue weighted by molar-refractivity contribution is 0.354. The first-order valence-corrected chi connectivity index (χ1v) is 7.01. The van der Waals surface area contributed by atoms with E-state index < -0.39 is 0 Å². The molecular weight excluding hydrogens is 282 g/mol. The molecule has 0 heterocycles. The van der Waals surface area contributed by atoms with Gasteiger partial charge in [-0.2, -0.15) is 0 Å². The van der Waals surface area contributed by atoms with E-state index in [1.165, 1.54) is 12.1 Å². The molecule has 1 unspecified atom stereocenters. The standard InChI is InChI=1S/C17H21NO4/c1-21-16-6-3-11(9-17(16)22-2)13(10-18)7-12-8-14(19)4-5-15(12)20/h3-6,8-9,13,19-20H,7,10,18H2,1-2H3. The zero-order valence-corrected chi connectivity index (χ0v) is 12.7. The second kappa shape index (κ2) is 7.04. The van der Waals surface area contributed by atoms with E-state index in [9.17, 15) is 10.2 Å². The molecule has 0 saturated carbocycles. The van der Waals surface area contributed by atoms with Crippen molar-refractivity contribution >= 4 is 0 Å². The summed E-state index contributed by atoms with van der Waals surface area (Å²) in [6.45, 7) is 0.407. The highest BCUT2D eigenvalue weighted by Gasteiger charge is 2.16. The Hall–Kier alpha value is -2.40. The summed E-state index contributed by atoms with van der Waals surface area (Å²) in [7, 11) is 3.17. The van der Waals surface area contributed by atoms with Gasteiger partial charge in [0.05, 0.1) is 14.2 Å². The zero-order chi connectivity index (χ0) is 16.1. The summed E-state index contributed by atoms with van der Waals surface area (Å²) in [6, 6.07) is 10.1. The maximum atomic E-state index is 9.91. The van der Waals surface area contributed by atoms with Crippen molar-refractivity contribution < 1.29 is 19.7 Å². The highest BCUT2D eigenvalue weighted by molar-refractivity contribution is 5.45. The predicted octanol–water partition coefficient (Wildman–Crippen LogP) is 2.40. The molecule has 0 amide bonds. The Bertz CT molecular complexity index is 643. The quantitative estimate of drug-likeness (QED) is 0.714. The fraction of sp³-hybridized carbons (Fsp3) is 0.294. The number of methoxy groups -OCH3 is 2. The SMILES string of the molecule is COc1ccc(C(CN)Cc2cc(O)ccc2O)cc1OC. The lowest BCUT2D eigenvalue weighted by Crippen LogP contribution is -2.15. The monoisotopic (exact) mass is 303 g/mol. The molecular formula is C17H21NO4. The van der Waals surface area contributed by atoms with E-state index in [0.717, 1.165) is 5.56 Å². The minimum absolute atomic E-state index is 0.00694. The normalized spacial score (nSPS) is 12.0. The van der Waals surface area contributed by atoms with Gasteiger partial charge >= 0.3 is 0 Å². The van der Waals surface area contributed by atoms with E-state index in [1.807, 2.05) is 18.2 Å². The van der Waals surface area contributed by atoms with Crippen molar-refractivity contribution in [3.8, 4) is 23.0 Å². The molecule has 1 atom stereocenters. The molecule has 0 aliphatic heterocycles. The van der Waals surface area contributed by atoms with Crippen LogP contribution in [0.25, 0.3) is 0 Å². The van der Waals surface area contributed by atoms with Crippen LogP contribution in [0.5, 0.6) is 23.0 Å². The molecule has 0 radical (unpaired) electrons. The molecule has 5 nitrogen and oxygen atoms in total. The van der Waals surface area contributed by atoms with Crippen LogP contribution in [0.2, 0.25) is 0 Å². The lowest BCUT2D eigenvalue weighted by Gasteiger charge is -2.18. The number of phenols is 2. The van der Waals surface area contributed by atoms with Crippen LogP contribution in [0.3, 0.4) is 0 Å². The summed E-state index contributed by atoms with van der Waals surface area (Å²) >= 11 is 0. The van der Waals surface area contributed by atoms with Gasteiger partial charge in [-0.3, -0.25) is 0 Å². The number of rotatable bonds is 6. The van der Waals surface area contributed by atoms with Gasteiger partial charge in [-0.1, -0.05) is 6.07 Å². The summed E-state index contributed by atoms with van der Waals surface area (Å²) in [6.07, 6.45) is 0.520. The predicted molar refractivity (Wildman–Crippen MR) is 84.8 cm³/mol. The summed E-state index contributed by atoms with van der Waals surface area (Å²) in [4.78, 5) is 0. The first-order chi connectivity index (χ1) is 10.6. The van der Waals surface area contributed by atoms with Gasteiger partial charge < -0.3 is 25.4 Å². The molecule has 118 valence electrons. The maximum Gasteiger partial charge on any atom is 0.160 e. The molecule has 22 heavy (non-hydrogen) atoms. The molecule has 2 aromatic rings. The number of aromatic hydroxyl groups is 2. The van der Waals surface area contributed by atoms with Gasteiger partial charge in [0.25, 0.3) is 0 Å². The van der Waals surface area contributed by atoms with Gasteiger partial charge in [0.15, 0.2) is 11.5 Å². The first-order valence-electron chi connectivity index (χ1n) is 7.01. The van der Waals surface area contributed by atoms with E-state index in [-0.39, 0.29) is 17.4 Å². The van der Waals surface area contributed by atoms with Crippen molar-refractivity contribution in [3.63, 3.8) is 0 Å². The third-order valence-electron chi connectivity index (χ3n) is 3.69. The van der Waals surface area contributed by atoms with Crippen LogP contribution >= 0.6 is 0 Å². The molecule has 2 aromatic carbocycles. The molecule has 0 bridgehead atoms. The van der Waals surface area contributed by atoms with Gasteiger partial charge in [-0.15, -0.1) is 0 Å². The Labute approximate surface area is 129 Å². The fourth-order valence-electron chi connectivity index (χ4n) is 2.44. The summed E-state index contributed by atoms with van der Waals surface area (Å²) < 4.78 is 10.5. The van der Waals surface area contributed by atoms with Gasteiger partial charge in [0.2, 0.25) is 0 Å². The second-order valence-electron chi connectivity index (χ2n) is 5.06. The topological polar surface area (TPSA) is 84.9 Å². The lowest BCUT2D eigenvalue weighted by atomic mass is 9.91. The van der Waals surface area contributed by atoms with Crippen molar-refractivity contribution in [2.45, 2.75) is 12.3 Å². The third kappa shape index (κ3) is 3.43. The molecule has 0 fully saturated rings. The van der Waals surface area contributed by atoms with E-state index in [0.29, 0.717) is 30.0 Å². The Morgan fingerprint density at radius 1 is 1.00 bits per heavy atom. The van der Waals surface area contributed by atoms with Crippen LogP contribution in [0.15, 0.2) is 36.4 Å². The number of hydrogen-bond donors (Lipinski definition) is 3. The second-order valence-corrected chi connectivity index (χ2v) is 5.06. The van der Waals surface area contributed by atoms with E-state index in [2.05, 4.69) is 0 Å². The van der Waals surface area contributed by atoms with Crippen LogP contribution in [0, 0.1) is 0 Å². The Morgan fingerprint density at radius 3 is 2.36 bits per heavy atom. The van der Waals surface area contributed by atoms with Gasteiger partial charge in [0.1, 0.15) is 11.5 Å². The van der Waals surface area contributed by atoms with E-state index >= 15 is 0 Å². The molecule has 0 aromatic heterocycles. The largest absolute Gasteiger partial charge is 0.508 e. The molecule has 0 spiro atoms. The van der Waals surface area contributed by atoms with Crippen LogP contribution < -0.4 is 15.2 Å². The van der Waals surface area contributed by atoms with E-state index in [1.54, 1.807) is 20.3 Å². The van der Waals surface area contributed by atoms with Gasteiger partial charge in [0, 0.05) is 5.92 Å². The summed E-state index contributed by atoms with van der Waals surface area (Å²) in [5, 5.41) is 19.5. The number of nitrogens with two attached hydrogens (primary N) is 1. The highest BCUT2D eigenvalue weighted by Crippen LogP contribution is 2.33. The van der Waals surface area contributed by atoms with Crippen molar-refractivity contribution in [2.24, 2.45) is 5.73 Å². The fourth-order valence-corrected chi connectivity index (χ4v) is 2.44. The van der Waals surface area contributed by atoms with E-state index in [4.69, 9.17) is 15.2 Å². The molecule has 4 N–H and O–H groups in total. The number of phenolic OH excluding ortho intramolecular Hbond substituents is 2. The minimum atomic E-state index is -0.00694. The summed E-state index contributed by atoms with van der Waals surface area (Å²) in [5.74, 6) is 1.56. The minimum Gasteiger partial charge on any atom is -0.508 e. The zero-order valence-electron chi connectivity index (χ0n) is 12.7. The van der Waals surface area contributed by atoms with Crippen molar-refractivity contribution in [3.05, 3.63) is 47.5 Å². The first kappa shape index (κ1) is 16.0. The highest BCUT2D eigenvalue weighted by atomic mass is 16.5. The number of hydrogen-bond acceptors (Lipinski definition) is 5. The summed E-state index contributed by atoms with van der Waals surface area (Å²) in [5.41, 5.74) is 7.53. The average Bonchev–Trinajstić information content (AvgIpc) is 2.55.